The van der Waals surface area contributed by atoms with E-state index in [1.54, 1.807) is 19.2 Å². The first-order chi connectivity index (χ1) is 20.2. The Morgan fingerprint density at radius 3 is 1.86 bits per heavy atom. The average molecular weight is 709 g/mol. The molecule has 0 atom stereocenters. The highest BCUT2D eigenvalue weighted by molar-refractivity contribution is 9.09. The molecule has 2 aromatic carbocycles. The van der Waals surface area contributed by atoms with Gasteiger partial charge in [-0.3, -0.25) is 4.79 Å². The number of halogens is 2. The summed E-state index contributed by atoms with van der Waals surface area (Å²) < 4.78 is 24.6. The molecule has 0 fully saturated rings. The van der Waals surface area contributed by atoms with Crippen molar-refractivity contribution < 1.29 is 23.7 Å². The van der Waals surface area contributed by atoms with E-state index in [0.717, 1.165) is 60.3 Å². The summed E-state index contributed by atoms with van der Waals surface area (Å²) in [5, 5.41) is 14.0. The summed E-state index contributed by atoms with van der Waals surface area (Å²) in [6.07, 6.45) is 11.0. The average Bonchev–Trinajstić information content (AvgIpc) is 2.94. The summed E-state index contributed by atoms with van der Waals surface area (Å²) in [6.45, 7) is 9.07. The van der Waals surface area contributed by atoms with E-state index in [0.29, 0.717) is 65.4 Å². The molecule has 3 rings (SSSR count). The second-order valence-corrected chi connectivity index (χ2v) is 12.5. The minimum Gasteiger partial charge on any atom is -0.507 e. The first-order valence-electron chi connectivity index (χ1n) is 14.7. The largest absolute Gasteiger partial charge is 0.507 e. The number of allylic oxidation sites excluding steroid dienone is 4. The highest BCUT2D eigenvalue weighted by Gasteiger charge is 2.24. The fourth-order valence-electron chi connectivity index (χ4n) is 4.78. The van der Waals surface area contributed by atoms with Crippen LogP contribution in [0.1, 0.15) is 77.3 Å². The van der Waals surface area contributed by atoms with Gasteiger partial charge < -0.3 is 23.7 Å². The van der Waals surface area contributed by atoms with Crippen LogP contribution in [-0.4, -0.2) is 36.1 Å². The van der Waals surface area contributed by atoms with Crippen molar-refractivity contribution in [2.75, 3.05) is 31.0 Å². The number of unbranched alkanes of at least 4 members (excludes halogenated alkanes) is 4. The molecule has 0 amide bonds. The Bertz CT molecular complexity index is 1460. The van der Waals surface area contributed by atoms with Crippen molar-refractivity contribution in [2.24, 2.45) is 0 Å². The van der Waals surface area contributed by atoms with Crippen LogP contribution in [0.2, 0.25) is 0 Å². The number of aromatic hydroxyl groups is 1. The number of methoxy groups -OCH3 is 1. The number of phenols is 1. The molecular weight excluding hydrogens is 664 g/mol. The summed E-state index contributed by atoms with van der Waals surface area (Å²) in [6, 6.07) is 3.48. The summed E-state index contributed by atoms with van der Waals surface area (Å²) in [4.78, 5) is 14.2. The van der Waals surface area contributed by atoms with Crippen molar-refractivity contribution in [3.8, 4) is 23.0 Å². The maximum Gasteiger partial charge on any atom is 0.204 e. The molecule has 0 aliphatic heterocycles. The topological polar surface area (TPSA) is 78.1 Å². The molecule has 3 aromatic rings. The molecule has 0 unspecified atom stereocenters. The van der Waals surface area contributed by atoms with Crippen LogP contribution >= 0.6 is 31.9 Å². The van der Waals surface area contributed by atoms with E-state index < -0.39 is 0 Å². The number of rotatable bonds is 17. The molecule has 1 N–H and O–H groups in total. The lowest BCUT2D eigenvalue weighted by Crippen LogP contribution is -2.10. The lowest BCUT2D eigenvalue weighted by molar-refractivity contribution is 0.285. The third-order valence-electron chi connectivity index (χ3n) is 7.02. The van der Waals surface area contributed by atoms with Gasteiger partial charge >= 0.3 is 0 Å². The van der Waals surface area contributed by atoms with Gasteiger partial charge in [0.1, 0.15) is 28.1 Å². The molecule has 0 bridgehead atoms. The van der Waals surface area contributed by atoms with E-state index in [-0.39, 0.29) is 22.1 Å². The second-order valence-electron chi connectivity index (χ2n) is 10.9. The molecule has 0 aliphatic carbocycles. The molecule has 0 saturated carbocycles. The van der Waals surface area contributed by atoms with Crippen molar-refractivity contribution in [2.45, 2.75) is 79.1 Å². The standard InChI is InChI=1S/C34H44Br2O6/c1-22(2)12-14-24-26(40-18-10-6-8-16-35)20-28-31(32(24)37)33(38)30-25(15-13-23(3)4)34(39-5)29(21-27(30)42-28)41-19-11-7-9-17-36/h12-13,20-21,37H,6-11,14-19H2,1-5H3. The molecule has 8 heteroatoms. The molecule has 0 radical (unpaired) electrons. The first kappa shape index (κ1) is 34.0. The number of hydrogen-bond donors (Lipinski definition) is 1. The van der Waals surface area contributed by atoms with Gasteiger partial charge in [-0.05, 0) is 79.1 Å². The van der Waals surface area contributed by atoms with Crippen LogP contribution < -0.4 is 19.6 Å². The lowest BCUT2D eigenvalue weighted by atomic mass is 9.98. The lowest BCUT2D eigenvalue weighted by Gasteiger charge is -2.18. The molecule has 1 aromatic heterocycles. The fourth-order valence-corrected chi connectivity index (χ4v) is 5.57. The molecule has 42 heavy (non-hydrogen) atoms. The van der Waals surface area contributed by atoms with Crippen molar-refractivity contribution in [1.82, 2.24) is 0 Å². The molecule has 6 nitrogen and oxygen atoms in total. The van der Waals surface area contributed by atoms with Crippen molar-refractivity contribution in [1.29, 1.82) is 0 Å². The van der Waals surface area contributed by atoms with E-state index in [4.69, 9.17) is 18.6 Å². The maximum atomic E-state index is 14.2. The number of phenolic OH excluding ortho intramolecular Hbond substituents is 1. The van der Waals surface area contributed by atoms with E-state index in [1.165, 1.54) is 0 Å². The molecule has 0 saturated heterocycles. The van der Waals surface area contributed by atoms with Crippen LogP contribution in [-0.2, 0) is 12.8 Å². The van der Waals surface area contributed by atoms with E-state index in [2.05, 4.69) is 31.9 Å². The Balaban J connectivity index is 2.24. The zero-order valence-electron chi connectivity index (χ0n) is 25.5. The predicted octanol–water partition coefficient (Wildman–Crippen LogP) is 9.57. The Hall–Kier alpha value is -2.45. The van der Waals surface area contributed by atoms with Crippen LogP contribution in [0.25, 0.3) is 21.9 Å². The molecule has 1 heterocycles. The predicted molar refractivity (Wildman–Crippen MR) is 181 cm³/mol. The number of hydrogen-bond acceptors (Lipinski definition) is 6. The van der Waals surface area contributed by atoms with Crippen molar-refractivity contribution in [3.05, 3.63) is 56.8 Å². The minimum absolute atomic E-state index is 0.102. The number of ether oxygens (including phenoxy) is 3. The van der Waals surface area contributed by atoms with Gasteiger partial charge in [-0.15, -0.1) is 0 Å². The molecular formula is C34H44Br2O6. The van der Waals surface area contributed by atoms with Crippen LogP contribution in [0.4, 0.5) is 0 Å². The maximum absolute atomic E-state index is 14.2. The Kier molecular flexibility index (Phi) is 13.8. The van der Waals surface area contributed by atoms with Crippen LogP contribution in [0.15, 0.2) is 44.6 Å². The Morgan fingerprint density at radius 1 is 0.786 bits per heavy atom. The third-order valence-corrected chi connectivity index (χ3v) is 8.14. The normalized spacial score (nSPS) is 11.1. The zero-order chi connectivity index (χ0) is 30.6. The van der Waals surface area contributed by atoms with Gasteiger partial charge in [-0.2, -0.15) is 0 Å². The molecule has 0 spiro atoms. The summed E-state index contributed by atoms with van der Waals surface area (Å²) in [5.41, 5.74) is 3.85. The zero-order valence-corrected chi connectivity index (χ0v) is 28.7. The van der Waals surface area contributed by atoms with Gasteiger partial charge in [-0.1, -0.05) is 55.2 Å². The van der Waals surface area contributed by atoms with Crippen LogP contribution in [0, 0.1) is 0 Å². The summed E-state index contributed by atoms with van der Waals surface area (Å²) in [7, 11) is 1.59. The Morgan fingerprint density at radius 2 is 1.31 bits per heavy atom. The fraction of sp³-hybridized carbons (Fsp3) is 0.500. The number of fused-ring (bicyclic) bond motifs is 2. The summed E-state index contributed by atoms with van der Waals surface area (Å²) in [5.74, 6) is 1.48. The highest BCUT2D eigenvalue weighted by atomic mass is 79.9. The van der Waals surface area contributed by atoms with Gasteiger partial charge in [0.2, 0.25) is 5.43 Å². The van der Waals surface area contributed by atoms with E-state index >= 15 is 0 Å². The number of alkyl halides is 2. The quantitative estimate of drug-likeness (QED) is 0.0652. The van der Waals surface area contributed by atoms with Gasteiger partial charge in [0, 0.05) is 33.9 Å². The third kappa shape index (κ3) is 8.79. The summed E-state index contributed by atoms with van der Waals surface area (Å²) >= 11 is 6.95. The number of benzene rings is 2. The van der Waals surface area contributed by atoms with Crippen LogP contribution in [0.3, 0.4) is 0 Å². The van der Waals surface area contributed by atoms with Gasteiger partial charge in [0.05, 0.1) is 25.7 Å². The second kappa shape index (κ2) is 17.0. The van der Waals surface area contributed by atoms with Gasteiger partial charge in [0.15, 0.2) is 11.5 Å². The van der Waals surface area contributed by atoms with Crippen molar-refractivity contribution >= 4 is 53.8 Å². The smallest absolute Gasteiger partial charge is 0.204 e. The Labute approximate surface area is 266 Å². The minimum atomic E-state index is -0.301. The van der Waals surface area contributed by atoms with E-state index in [1.807, 2.05) is 39.8 Å². The van der Waals surface area contributed by atoms with Crippen LogP contribution in [0.5, 0.6) is 23.0 Å². The monoisotopic (exact) mass is 706 g/mol. The van der Waals surface area contributed by atoms with Crippen molar-refractivity contribution in [3.63, 3.8) is 0 Å². The molecule has 230 valence electrons. The van der Waals surface area contributed by atoms with Gasteiger partial charge in [0.25, 0.3) is 0 Å². The van der Waals surface area contributed by atoms with Gasteiger partial charge in [-0.25, -0.2) is 0 Å². The first-order valence-corrected chi connectivity index (χ1v) is 17.0. The highest BCUT2D eigenvalue weighted by Crippen LogP contribution is 2.41. The SMILES string of the molecule is COc1c(OCCCCCBr)cc2oc3cc(OCCCCCBr)c(CC=C(C)C)c(O)c3c(=O)c2c1CC=C(C)C. The van der Waals surface area contributed by atoms with E-state index in [9.17, 15) is 9.90 Å². The molecule has 0 aliphatic rings.